The molecule has 67 heavy (non-hydrogen) atoms. The number of ether oxygens (including phenoxy) is 4. The van der Waals surface area contributed by atoms with Crippen LogP contribution in [0.3, 0.4) is 0 Å². The lowest BCUT2D eigenvalue weighted by molar-refractivity contribution is -0.301. The maximum Gasteiger partial charge on any atom is 0.397 e. The highest BCUT2D eigenvalue weighted by atomic mass is 32.3. The van der Waals surface area contributed by atoms with Crippen molar-refractivity contribution < 1.29 is 56.2 Å². The minimum Gasteiger partial charge on any atom is -0.457 e. The number of esters is 1. The molecule has 0 radical (unpaired) electrons. The minimum atomic E-state index is -5.06. The van der Waals surface area contributed by atoms with E-state index in [9.17, 15) is 33.1 Å². The number of unbranched alkanes of at least 4 members (excludes halogenated alkanes) is 26. The number of hydrogen-bond acceptors (Lipinski definition) is 11. The molecule has 1 saturated heterocycles. The van der Waals surface area contributed by atoms with Gasteiger partial charge < -0.3 is 34.3 Å². The summed E-state index contributed by atoms with van der Waals surface area (Å²) in [5.41, 5.74) is 0. The zero-order chi connectivity index (χ0) is 48.9. The van der Waals surface area contributed by atoms with Crippen LogP contribution in [0.2, 0.25) is 0 Å². The van der Waals surface area contributed by atoms with E-state index in [2.05, 4.69) is 66.6 Å². The molecule has 6 unspecified atom stereocenters. The number of aliphatic hydroxyl groups is 3. The van der Waals surface area contributed by atoms with Crippen molar-refractivity contribution in [3.8, 4) is 0 Å². The van der Waals surface area contributed by atoms with E-state index >= 15 is 0 Å². The van der Waals surface area contributed by atoms with E-state index in [1.165, 1.54) is 135 Å². The molecule has 13 heteroatoms. The van der Waals surface area contributed by atoms with Gasteiger partial charge in [-0.1, -0.05) is 217 Å². The van der Waals surface area contributed by atoms with Crippen LogP contribution in [0.5, 0.6) is 0 Å². The summed E-state index contributed by atoms with van der Waals surface area (Å²) in [4.78, 5) is 12.9. The van der Waals surface area contributed by atoms with Gasteiger partial charge in [-0.25, -0.2) is 4.18 Å². The lowest BCUT2D eigenvalue weighted by Crippen LogP contribution is -2.60. The highest BCUT2D eigenvalue weighted by Crippen LogP contribution is 2.26. The Balaban J connectivity index is 2.28. The maximum absolute atomic E-state index is 12.9. The van der Waals surface area contributed by atoms with Crippen LogP contribution in [0.15, 0.2) is 48.6 Å². The van der Waals surface area contributed by atoms with Crippen molar-refractivity contribution in [1.29, 1.82) is 0 Å². The molecule has 0 aromatic heterocycles. The molecule has 0 bridgehead atoms. The van der Waals surface area contributed by atoms with E-state index in [-0.39, 0.29) is 19.6 Å². The summed E-state index contributed by atoms with van der Waals surface area (Å²) in [6.07, 6.45) is 47.2. The van der Waals surface area contributed by atoms with Crippen LogP contribution in [0.1, 0.15) is 226 Å². The summed E-state index contributed by atoms with van der Waals surface area (Å²) in [7, 11) is -5.06. The van der Waals surface area contributed by atoms with Crippen LogP contribution in [0.4, 0.5) is 0 Å². The quantitative estimate of drug-likeness (QED) is 0.0197. The first-order chi connectivity index (χ1) is 32.6. The van der Waals surface area contributed by atoms with E-state index in [4.69, 9.17) is 18.9 Å². The van der Waals surface area contributed by atoms with Crippen molar-refractivity contribution in [2.75, 3.05) is 26.4 Å². The summed E-state index contributed by atoms with van der Waals surface area (Å²) in [5.74, 6) is -0.397. The number of rotatable bonds is 47. The SMILES string of the molecule is CC/C=C\C/C=C\C/C=C\C/C=C\CCCCCCCCCCCCCCCOCC(COC1OC(CO)C(O)C(OS(=O)(=O)O)C1O)OC(=O)CCCCCCCCCCCCCCCC. The molecular weight excluding hydrogens is 873 g/mol. The zero-order valence-electron chi connectivity index (χ0n) is 42.2. The molecule has 0 aromatic carbocycles. The molecule has 1 fully saturated rings. The minimum absolute atomic E-state index is 0.0373. The average Bonchev–Trinajstić information content (AvgIpc) is 3.30. The van der Waals surface area contributed by atoms with Crippen LogP contribution in [0.25, 0.3) is 0 Å². The molecule has 6 atom stereocenters. The number of allylic oxidation sites excluding steroid dienone is 8. The van der Waals surface area contributed by atoms with E-state index in [1.807, 2.05) is 0 Å². The highest BCUT2D eigenvalue weighted by molar-refractivity contribution is 7.80. The second-order valence-electron chi connectivity index (χ2n) is 18.4. The Hall–Kier alpha value is -1.94. The average molecular weight is 971 g/mol. The summed E-state index contributed by atoms with van der Waals surface area (Å²) >= 11 is 0. The predicted molar refractivity (Wildman–Crippen MR) is 271 cm³/mol. The number of carbonyl (C=O) groups is 1. The van der Waals surface area contributed by atoms with Gasteiger partial charge in [-0.2, -0.15) is 8.42 Å². The van der Waals surface area contributed by atoms with Gasteiger partial charge >= 0.3 is 16.4 Å². The summed E-state index contributed by atoms with van der Waals surface area (Å²) in [6.45, 7) is 3.90. The molecule has 12 nitrogen and oxygen atoms in total. The van der Waals surface area contributed by atoms with E-state index in [1.54, 1.807) is 0 Å². The number of hydrogen-bond donors (Lipinski definition) is 4. The molecule has 4 N–H and O–H groups in total. The lowest BCUT2D eigenvalue weighted by atomic mass is 9.99. The van der Waals surface area contributed by atoms with Crippen LogP contribution >= 0.6 is 0 Å². The molecule has 0 saturated carbocycles. The molecule has 1 heterocycles. The number of carbonyl (C=O) groups excluding carboxylic acids is 1. The molecule has 0 aromatic rings. The molecule has 0 spiro atoms. The largest absolute Gasteiger partial charge is 0.457 e. The third-order valence-corrected chi connectivity index (χ3v) is 12.7. The molecule has 0 amide bonds. The molecule has 1 aliphatic rings. The second-order valence-corrected chi connectivity index (χ2v) is 19.5. The monoisotopic (exact) mass is 971 g/mol. The molecule has 392 valence electrons. The van der Waals surface area contributed by atoms with Crippen molar-refractivity contribution in [2.45, 2.75) is 263 Å². The Morgan fingerprint density at radius 3 is 1.51 bits per heavy atom. The zero-order valence-corrected chi connectivity index (χ0v) is 43.0. The Kier molecular flexibility index (Phi) is 42.6. The molecular formula is C54H98O12S. The van der Waals surface area contributed by atoms with E-state index in [0.29, 0.717) is 13.0 Å². The van der Waals surface area contributed by atoms with Crippen LogP contribution in [-0.2, 0) is 38.3 Å². The smallest absolute Gasteiger partial charge is 0.397 e. The normalized spacial score (nSPS) is 19.8. The van der Waals surface area contributed by atoms with Crippen molar-refractivity contribution in [3.63, 3.8) is 0 Å². The van der Waals surface area contributed by atoms with Gasteiger partial charge in [-0.15, -0.1) is 0 Å². The Bertz CT molecular complexity index is 1350. The first-order valence-electron chi connectivity index (χ1n) is 26.9. The van der Waals surface area contributed by atoms with Gasteiger partial charge in [0.15, 0.2) is 6.29 Å². The second kappa shape index (κ2) is 45.2. The summed E-state index contributed by atoms with van der Waals surface area (Å²) in [5, 5.41) is 30.8. The van der Waals surface area contributed by atoms with Crippen molar-refractivity contribution in [3.05, 3.63) is 48.6 Å². The third-order valence-electron chi connectivity index (χ3n) is 12.2. The van der Waals surface area contributed by atoms with Crippen molar-refractivity contribution in [1.82, 2.24) is 0 Å². The summed E-state index contributed by atoms with van der Waals surface area (Å²) < 4.78 is 59.3. The van der Waals surface area contributed by atoms with Gasteiger partial charge in [0.25, 0.3) is 0 Å². The van der Waals surface area contributed by atoms with Crippen LogP contribution in [0, 0.1) is 0 Å². The highest BCUT2D eigenvalue weighted by Gasteiger charge is 2.48. The van der Waals surface area contributed by atoms with Gasteiger partial charge in [0.1, 0.15) is 30.5 Å². The van der Waals surface area contributed by atoms with E-state index < -0.39 is 59.8 Å². The van der Waals surface area contributed by atoms with E-state index in [0.717, 1.165) is 64.2 Å². The van der Waals surface area contributed by atoms with Crippen molar-refractivity contribution in [2.24, 2.45) is 0 Å². The summed E-state index contributed by atoms with van der Waals surface area (Å²) in [6, 6.07) is 0. The van der Waals surface area contributed by atoms with Crippen molar-refractivity contribution >= 4 is 16.4 Å². The van der Waals surface area contributed by atoms with Gasteiger partial charge in [0.05, 0.1) is 19.8 Å². The standard InChI is InChI=1S/C54H98O12S/c1-3-5-7-9-11-13-15-17-19-20-21-22-23-24-25-26-27-28-29-30-32-34-36-38-40-42-44-62-46-48(47-63-54-52(58)53(66-67(59,60)61)51(57)49(45-55)65-54)64-50(56)43-41-39-37-35-33-31-18-16-14-12-10-8-6-4-2/h5,7,11,13,17,19,21-22,48-49,51-55,57-58H,3-4,6,8-10,12,14-16,18,20,23-47H2,1-2H3,(H,59,60,61)/b7-5-,13-11-,19-17-,22-21-. The fraction of sp³-hybridized carbons (Fsp3) is 0.833. The first-order valence-corrected chi connectivity index (χ1v) is 28.3. The topological polar surface area (TPSA) is 178 Å². The molecule has 1 rings (SSSR count). The maximum atomic E-state index is 12.9. The van der Waals surface area contributed by atoms with Gasteiger partial charge in [-0.3, -0.25) is 9.35 Å². The number of aliphatic hydroxyl groups excluding tert-OH is 3. The predicted octanol–water partition coefficient (Wildman–Crippen LogP) is 12.7. The Morgan fingerprint density at radius 1 is 0.582 bits per heavy atom. The fourth-order valence-electron chi connectivity index (χ4n) is 8.20. The van der Waals surface area contributed by atoms with Gasteiger partial charge in [0.2, 0.25) is 0 Å². The third kappa shape index (κ3) is 38.5. The Labute approximate surface area is 408 Å². The van der Waals surface area contributed by atoms with Gasteiger partial charge in [-0.05, 0) is 51.4 Å². The van der Waals surface area contributed by atoms with Gasteiger partial charge in [0, 0.05) is 13.0 Å². The van der Waals surface area contributed by atoms with Crippen LogP contribution < -0.4 is 0 Å². The van der Waals surface area contributed by atoms with Crippen LogP contribution in [-0.4, -0.2) is 97.5 Å². The first kappa shape index (κ1) is 63.1. The fourth-order valence-corrected chi connectivity index (χ4v) is 8.70. The lowest BCUT2D eigenvalue weighted by Gasteiger charge is -2.41. The molecule has 0 aliphatic carbocycles. The Morgan fingerprint density at radius 2 is 1.03 bits per heavy atom. The molecule has 1 aliphatic heterocycles.